The summed E-state index contributed by atoms with van der Waals surface area (Å²) in [6, 6.07) is 19.2. The van der Waals surface area contributed by atoms with Gasteiger partial charge in [-0.15, -0.1) is 0 Å². The van der Waals surface area contributed by atoms with Gasteiger partial charge in [0.15, 0.2) is 0 Å². The molecule has 1 atom stereocenters. The highest BCUT2D eigenvalue weighted by Crippen LogP contribution is 2.31. The number of carboxylic acid groups (broad SMARTS) is 1. The fourth-order valence-electron chi connectivity index (χ4n) is 4.74. The Morgan fingerprint density at radius 3 is 2.55 bits per heavy atom. The highest BCUT2D eigenvalue weighted by molar-refractivity contribution is 6.04. The van der Waals surface area contributed by atoms with Crippen LogP contribution in [0.15, 0.2) is 66.7 Å². The minimum Gasteiger partial charge on any atom is -0.495 e. The molecule has 1 aliphatic rings. The second-order valence-corrected chi connectivity index (χ2v) is 9.53. The molecule has 4 amide bonds. The van der Waals surface area contributed by atoms with Crippen LogP contribution in [0.4, 0.5) is 21.9 Å². The van der Waals surface area contributed by atoms with Crippen molar-refractivity contribution >= 4 is 40.9 Å². The van der Waals surface area contributed by atoms with E-state index in [1.807, 2.05) is 24.3 Å². The van der Waals surface area contributed by atoms with Gasteiger partial charge in [0.1, 0.15) is 5.75 Å². The predicted octanol–water partition coefficient (Wildman–Crippen LogP) is 4.51. The summed E-state index contributed by atoms with van der Waals surface area (Å²) in [7, 11) is 1.50. The van der Waals surface area contributed by atoms with Crippen molar-refractivity contribution in [3.63, 3.8) is 0 Å². The molecule has 1 unspecified atom stereocenters. The van der Waals surface area contributed by atoms with Crippen LogP contribution in [0.25, 0.3) is 0 Å². The van der Waals surface area contributed by atoms with Crippen molar-refractivity contribution in [2.45, 2.75) is 38.6 Å². The minimum atomic E-state index is -0.956. The molecule has 3 aromatic carbocycles. The Morgan fingerprint density at radius 2 is 1.80 bits per heavy atom. The number of hydrogen-bond donors (Lipinski definition) is 4. The Bertz CT molecular complexity index is 1420. The molecule has 3 aromatic rings. The standard InChI is InChI=1S/C30H32N4O6/c1-19(35)31-24(12-13-29(37)38)22-7-5-8-23(18-22)32-28(36)17-20-10-11-25(27(16-20)40-2)33-30(39)34-15-14-21-6-3-4-9-26(21)34/h3-11,16,18,24H,12-15,17H2,1-2H3,(H,31,35)(H,32,36)(H,33,39)(H,37,38). The van der Waals surface area contributed by atoms with Gasteiger partial charge in [-0.2, -0.15) is 0 Å². The molecule has 0 fully saturated rings. The van der Waals surface area contributed by atoms with E-state index < -0.39 is 12.0 Å². The zero-order valence-electron chi connectivity index (χ0n) is 22.4. The average molecular weight is 545 g/mol. The molecule has 0 radical (unpaired) electrons. The molecule has 0 aliphatic carbocycles. The SMILES string of the molecule is COc1cc(CC(=O)Nc2cccc(C(CCC(=O)O)NC(C)=O)c2)ccc1NC(=O)N1CCc2ccccc21. The number of aliphatic carboxylic acids is 1. The highest BCUT2D eigenvalue weighted by Gasteiger charge is 2.25. The number of carbonyl (C=O) groups is 4. The second kappa shape index (κ2) is 12.8. The molecule has 1 aliphatic heterocycles. The number of benzene rings is 3. The van der Waals surface area contributed by atoms with Crippen molar-refractivity contribution in [3.05, 3.63) is 83.4 Å². The smallest absolute Gasteiger partial charge is 0.326 e. The topological polar surface area (TPSA) is 137 Å². The van der Waals surface area contributed by atoms with Gasteiger partial charge in [-0.3, -0.25) is 19.3 Å². The van der Waals surface area contributed by atoms with Crippen molar-refractivity contribution in [3.8, 4) is 5.75 Å². The molecule has 0 spiro atoms. The summed E-state index contributed by atoms with van der Waals surface area (Å²) in [5.41, 5.74) is 4.42. The van der Waals surface area contributed by atoms with Gasteiger partial charge in [0.2, 0.25) is 11.8 Å². The summed E-state index contributed by atoms with van der Waals surface area (Å²) in [5.74, 6) is -1.07. The molecule has 10 nitrogen and oxygen atoms in total. The number of ether oxygens (including phenoxy) is 1. The van der Waals surface area contributed by atoms with Crippen LogP contribution in [-0.2, 0) is 27.2 Å². The third-order valence-corrected chi connectivity index (χ3v) is 6.60. The van der Waals surface area contributed by atoms with Gasteiger partial charge in [-0.25, -0.2) is 4.79 Å². The van der Waals surface area contributed by atoms with Crippen LogP contribution in [0.5, 0.6) is 5.75 Å². The summed E-state index contributed by atoms with van der Waals surface area (Å²) in [4.78, 5) is 50.1. The number of para-hydroxylation sites is 1. The Balaban J connectivity index is 1.40. The van der Waals surface area contributed by atoms with E-state index in [2.05, 4.69) is 16.0 Å². The highest BCUT2D eigenvalue weighted by atomic mass is 16.5. The monoisotopic (exact) mass is 544 g/mol. The van der Waals surface area contributed by atoms with Crippen LogP contribution in [0, 0.1) is 0 Å². The Morgan fingerprint density at radius 1 is 1.00 bits per heavy atom. The van der Waals surface area contributed by atoms with Gasteiger partial charge >= 0.3 is 12.0 Å². The number of rotatable bonds is 10. The zero-order chi connectivity index (χ0) is 28.6. The van der Waals surface area contributed by atoms with Crippen LogP contribution < -0.4 is 25.6 Å². The van der Waals surface area contributed by atoms with Crippen molar-refractivity contribution in [1.82, 2.24) is 5.32 Å². The number of urea groups is 1. The molecule has 10 heteroatoms. The maximum atomic E-state index is 13.0. The number of carboxylic acids is 1. The lowest BCUT2D eigenvalue weighted by atomic mass is 10.0. The number of methoxy groups -OCH3 is 1. The van der Waals surface area contributed by atoms with Crippen LogP contribution in [-0.4, -0.2) is 42.6 Å². The largest absolute Gasteiger partial charge is 0.495 e. The van der Waals surface area contributed by atoms with E-state index in [0.29, 0.717) is 34.8 Å². The molecule has 208 valence electrons. The molecular formula is C30H32N4O6. The lowest BCUT2D eigenvalue weighted by molar-refractivity contribution is -0.137. The maximum Gasteiger partial charge on any atom is 0.326 e. The van der Waals surface area contributed by atoms with Crippen molar-refractivity contribution in [1.29, 1.82) is 0 Å². The number of amides is 4. The van der Waals surface area contributed by atoms with Gasteiger partial charge in [-0.05, 0) is 59.9 Å². The zero-order valence-corrected chi connectivity index (χ0v) is 22.4. The van der Waals surface area contributed by atoms with E-state index in [1.54, 1.807) is 47.4 Å². The normalized spacial score (nSPS) is 12.7. The Kier molecular flexibility index (Phi) is 9.00. The number of hydrogen-bond acceptors (Lipinski definition) is 5. The fraction of sp³-hybridized carbons (Fsp3) is 0.267. The minimum absolute atomic E-state index is 0.0580. The third kappa shape index (κ3) is 7.16. The summed E-state index contributed by atoms with van der Waals surface area (Å²) in [6.07, 6.45) is 0.973. The molecule has 40 heavy (non-hydrogen) atoms. The van der Waals surface area contributed by atoms with Crippen LogP contribution in [0.3, 0.4) is 0 Å². The molecule has 0 bridgehead atoms. The van der Waals surface area contributed by atoms with Gasteiger partial charge < -0.3 is 25.8 Å². The third-order valence-electron chi connectivity index (χ3n) is 6.60. The van der Waals surface area contributed by atoms with Gasteiger partial charge in [0.05, 0.1) is 25.3 Å². The summed E-state index contributed by atoms with van der Waals surface area (Å²) >= 11 is 0. The molecule has 0 aromatic heterocycles. The van der Waals surface area contributed by atoms with Crippen molar-refractivity contribution in [2.75, 3.05) is 29.2 Å². The molecule has 0 saturated carbocycles. The quantitative estimate of drug-likeness (QED) is 0.296. The first kappa shape index (κ1) is 28.2. The van der Waals surface area contributed by atoms with E-state index >= 15 is 0 Å². The van der Waals surface area contributed by atoms with E-state index in [0.717, 1.165) is 17.7 Å². The lowest BCUT2D eigenvalue weighted by Crippen LogP contribution is -2.33. The summed E-state index contributed by atoms with van der Waals surface area (Å²) < 4.78 is 5.49. The summed E-state index contributed by atoms with van der Waals surface area (Å²) in [5, 5.41) is 17.6. The molecule has 1 heterocycles. The van der Waals surface area contributed by atoms with Gasteiger partial charge in [0, 0.05) is 31.3 Å². The van der Waals surface area contributed by atoms with Crippen LogP contribution in [0.1, 0.15) is 42.5 Å². The molecule has 4 N–H and O–H groups in total. The van der Waals surface area contributed by atoms with E-state index in [9.17, 15) is 19.2 Å². The number of anilines is 3. The molecular weight excluding hydrogens is 512 g/mol. The first-order valence-electron chi connectivity index (χ1n) is 13.0. The number of fused-ring (bicyclic) bond motifs is 1. The van der Waals surface area contributed by atoms with Gasteiger partial charge in [0.25, 0.3) is 0 Å². The van der Waals surface area contributed by atoms with Crippen LogP contribution >= 0.6 is 0 Å². The van der Waals surface area contributed by atoms with Crippen molar-refractivity contribution in [2.24, 2.45) is 0 Å². The number of nitrogens with zero attached hydrogens (tertiary/aromatic N) is 1. The lowest BCUT2D eigenvalue weighted by Gasteiger charge is -2.19. The molecule has 0 saturated heterocycles. The predicted molar refractivity (Wildman–Crippen MR) is 152 cm³/mol. The molecule has 4 rings (SSSR count). The second-order valence-electron chi connectivity index (χ2n) is 9.53. The first-order valence-corrected chi connectivity index (χ1v) is 13.0. The van der Waals surface area contributed by atoms with Crippen molar-refractivity contribution < 1.29 is 29.0 Å². The van der Waals surface area contributed by atoms with Gasteiger partial charge in [-0.1, -0.05) is 36.4 Å². The Hall–Kier alpha value is -4.86. The number of carbonyl (C=O) groups excluding carboxylic acids is 3. The summed E-state index contributed by atoms with van der Waals surface area (Å²) in [6.45, 7) is 1.97. The van der Waals surface area contributed by atoms with E-state index in [1.165, 1.54) is 14.0 Å². The van der Waals surface area contributed by atoms with E-state index in [4.69, 9.17) is 9.84 Å². The van der Waals surface area contributed by atoms with Crippen LogP contribution in [0.2, 0.25) is 0 Å². The maximum absolute atomic E-state index is 13.0. The Labute approximate surface area is 232 Å². The fourth-order valence-corrected chi connectivity index (χ4v) is 4.74. The average Bonchev–Trinajstić information content (AvgIpc) is 3.36. The first-order chi connectivity index (χ1) is 19.2. The van der Waals surface area contributed by atoms with E-state index in [-0.39, 0.29) is 37.1 Å². The number of nitrogens with one attached hydrogen (secondary N) is 3.